The molecule has 2 N–H and O–H groups in total. The van der Waals surface area contributed by atoms with Crippen molar-refractivity contribution in [1.82, 2.24) is 0 Å². The van der Waals surface area contributed by atoms with Gasteiger partial charge in [0.25, 0.3) is 0 Å². The molecule has 0 spiro atoms. The van der Waals surface area contributed by atoms with Gasteiger partial charge in [0.2, 0.25) is 0 Å². The lowest BCUT2D eigenvalue weighted by molar-refractivity contribution is -0.141. The molecule has 0 heterocycles. The van der Waals surface area contributed by atoms with Crippen LogP contribution in [-0.2, 0) is 4.79 Å². The van der Waals surface area contributed by atoms with E-state index in [1.807, 2.05) is 0 Å². The SMILES string of the molecule is CC1=C(C)C(C(=O)O)CCC1O. The first-order chi connectivity index (χ1) is 5.54. The van der Waals surface area contributed by atoms with Gasteiger partial charge in [-0.2, -0.15) is 0 Å². The Morgan fingerprint density at radius 1 is 1.33 bits per heavy atom. The predicted octanol–water partition coefficient (Wildman–Crippen LogP) is 1.18. The molecule has 0 aromatic heterocycles. The second-order valence-corrected chi connectivity index (χ2v) is 3.35. The van der Waals surface area contributed by atoms with Gasteiger partial charge in [-0.05, 0) is 32.3 Å². The zero-order valence-electron chi connectivity index (χ0n) is 7.37. The Bertz CT molecular complexity index is 230. The lowest BCUT2D eigenvalue weighted by Gasteiger charge is -2.25. The van der Waals surface area contributed by atoms with Crippen LogP contribution in [0.5, 0.6) is 0 Å². The smallest absolute Gasteiger partial charge is 0.310 e. The van der Waals surface area contributed by atoms with Crippen LogP contribution in [0.2, 0.25) is 0 Å². The fourth-order valence-corrected chi connectivity index (χ4v) is 1.60. The lowest BCUT2D eigenvalue weighted by Crippen LogP contribution is -2.25. The van der Waals surface area contributed by atoms with Gasteiger partial charge in [0.15, 0.2) is 0 Å². The molecule has 0 radical (unpaired) electrons. The number of carbonyl (C=O) groups is 1. The Morgan fingerprint density at radius 2 is 1.92 bits per heavy atom. The fraction of sp³-hybridized carbons (Fsp3) is 0.667. The van der Waals surface area contributed by atoms with Gasteiger partial charge >= 0.3 is 5.97 Å². The van der Waals surface area contributed by atoms with Crippen LogP contribution < -0.4 is 0 Å². The van der Waals surface area contributed by atoms with Crippen molar-refractivity contribution in [3.05, 3.63) is 11.1 Å². The Balaban J connectivity index is 2.90. The third-order valence-corrected chi connectivity index (χ3v) is 2.67. The third kappa shape index (κ3) is 1.50. The summed E-state index contributed by atoms with van der Waals surface area (Å²) in [7, 11) is 0. The van der Waals surface area contributed by atoms with Crippen molar-refractivity contribution in [1.29, 1.82) is 0 Å². The molecule has 68 valence electrons. The summed E-state index contributed by atoms with van der Waals surface area (Å²) in [5.74, 6) is -1.16. The van der Waals surface area contributed by atoms with E-state index in [4.69, 9.17) is 5.11 Å². The molecule has 1 aliphatic carbocycles. The maximum Gasteiger partial charge on any atom is 0.310 e. The molecule has 2 unspecified atom stereocenters. The maximum absolute atomic E-state index is 10.7. The highest BCUT2D eigenvalue weighted by molar-refractivity contribution is 5.74. The maximum atomic E-state index is 10.7. The molecule has 3 heteroatoms. The van der Waals surface area contributed by atoms with Gasteiger partial charge in [-0.1, -0.05) is 5.57 Å². The van der Waals surface area contributed by atoms with Gasteiger partial charge in [-0.25, -0.2) is 0 Å². The summed E-state index contributed by atoms with van der Waals surface area (Å²) in [6, 6.07) is 0. The molecular formula is C9H14O3. The molecular weight excluding hydrogens is 156 g/mol. The van der Waals surface area contributed by atoms with E-state index in [9.17, 15) is 9.90 Å². The third-order valence-electron chi connectivity index (χ3n) is 2.67. The highest BCUT2D eigenvalue weighted by Gasteiger charge is 2.28. The van der Waals surface area contributed by atoms with E-state index in [1.165, 1.54) is 0 Å². The summed E-state index contributed by atoms with van der Waals surface area (Å²) in [5.41, 5.74) is 1.65. The molecule has 0 bridgehead atoms. The average Bonchev–Trinajstić information content (AvgIpc) is 2.00. The zero-order chi connectivity index (χ0) is 9.30. The molecule has 0 amide bonds. The number of carboxylic acids is 1. The van der Waals surface area contributed by atoms with Gasteiger partial charge < -0.3 is 10.2 Å². The minimum atomic E-state index is -0.779. The Kier molecular flexibility index (Phi) is 2.52. The molecule has 0 aliphatic heterocycles. The van der Waals surface area contributed by atoms with E-state index in [0.29, 0.717) is 12.8 Å². The summed E-state index contributed by atoms with van der Waals surface area (Å²) in [6.45, 7) is 3.59. The van der Waals surface area contributed by atoms with Crippen molar-refractivity contribution in [3.63, 3.8) is 0 Å². The van der Waals surface area contributed by atoms with Crippen LogP contribution in [0.3, 0.4) is 0 Å². The summed E-state index contributed by atoms with van der Waals surface area (Å²) in [6.07, 6.45) is 0.695. The second-order valence-electron chi connectivity index (χ2n) is 3.35. The van der Waals surface area contributed by atoms with Crippen molar-refractivity contribution in [3.8, 4) is 0 Å². The van der Waals surface area contributed by atoms with Crippen LogP contribution in [0.1, 0.15) is 26.7 Å². The summed E-state index contributed by atoms with van der Waals surface area (Å²) < 4.78 is 0. The number of aliphatic carboxylic acids is 1. The largest absolute Gasteiger partial charge is 0.481 e. The molecule has 3 nitrogen and oxygen atoms in total. The molecule has 0 aromatic rings. The highest BCUT2D eigenvalue weighted by Crippen LogP contribution is 2.29. The van der Waals surface area contributed by atoms with Crippen molar-refractivity contribution >= 4 is 5.97 Å². The minimum Gasteiger partial charge on any atom is -0.481 e. The van der Waals surface area contributed by atoms with Gasteiger partial charge in [0.05, 0.1) is 12.0 Å². The van der Waals surface area contributed by atoms with Crippen LogP contribution in [0.4, 0.5) is 0 Å². The summed E-state index contributed by atoms with van der Waals surface area (Å²) in [4.78, 5) is 10.7. The van der Waals surface area contributed by atoms with Crippen molar-refractivity contribution in [2.75, 3.05) is 0 Å². The van der Waals surface area contributed by atoms with Gasteiger partial charge in [0, 0.05) is 0 Å². The average molecular weight is 170 g/mol. The number of rotatable bonds is 1. The minimum absolute atomic E-state index is 0.381. The molecule has 0 saturated carbocycles. The fourth-order valence-electron chi connectivity index (χ4n) is 1.60. The Hall–Kier alpha value is -0.830. The quantitative estimate of drug-likeness (QED) is 0.581. The number of hydrogen-bond donors (Lipinski definition) is 2. The molecule has 1 rings (SSSR count). The van der Waals surface area contributed by atoms with Gasteiger partial charge in [0.1, 0.15) is 0 Å². The van der Waals surface area contributed by atoms with Crippen LogP contribution in [0.25, 0.3) is 0 Å². The number of carboxylic acid groups (broad SMARTS) is 1. The molecule has 12 heavy (non-hydrogen) atoms. The first-order valence-electron chi connectivity index (χ1n) is 4.12. The number of hydrogen-bond acceptors (Lipinski definition) is 2. The van der Waals surface area contributed by atoms with Crippen molar-refractivity contribution in [2.24, 2.45) is 5.92 Å². The standard InChI is InChI=1S/C9H14O3/c1-5-6(2)8(10)4-3-7(5)9(11)12/h7-8,10H,3-4H2,1-2H3,(H,11,12). The van der Waals surface area contributed by atoms with E-state index < -0.39 is 12.1 Å². The predicted molar refractivity (Wildman–Crippen MR) is 44.7 cm³/mol. The van der Waals surface area contributed by atoms with Crippen LogP contribution in [0.15, 0.2) is 11.1 Å². The second kappa shape index (κ2) is 3.27. The van der Waals surface area contributed by atoms with E-state index >= 15 is 0 Å². The first-order valence-corrected chi connectivity index (χ1v) is 4.12. The lowest BCUT2D eigenvalue weighted by atomic mass is 9.83. The van der Waals surface area contributed by atoms with Crippen molar-refractivity contribution < 1.29 is 15.0 Å². The monoisotopic (exact) mass is 170 g/mol. The van der Waals surface area contributed by atoms with Crippen molar-refractivity contribution in [2.45, 2.75) is 32.8 Å². The van der Waals surface area contributed by atoms with E-state index in [-0.39, 0.29) is 5.92 Å². The van der Waals surface area contributed by atoms with Crippen LogP contribution >= 0.6 is 0 Å². The summed E-state index contributed by atoms with van der Waals surface area (Å²) >= 11 is 0. The molecule has 0 fully saturated rings. The van der Waals surface area contributed by atoms with Gasteiger partial charge in [-0.3, -0.25) is 4.79 Å². The number of aliphatic hydroxyl groups excluding tert-OH is 1. The topological polar surface area (TPSA) is 57.5 Å². The van der Waals surface area contributed by atoms with Crippen LogP contribution in [-0.4, -0.2) is 22.3 Å². The molecule has 1 aliphatic rings. The molecule has 2 atom stereocenters. The zero-order valence-corrected chi connectivity index (χ0v) is 7.37. The molecule has 0 saturated heterocycles. The van der Waals surface area contributed by atoms with E-state index in [1.54, 1.807) is 13.8 Å². The first kappa shape index (κ1) is 9.26. The molecule has 0 aromatic carbocycles. The van der Waals surface area contributed by atoms with E-state index in [0.717, 1.165) is 11.1 Å². The van der Waals surface area contributed by atoms with E-state index in [2.05, 4.69) is 0 Å². The highest BCUT2D eigenvalue weighted by atomic mass is 16.4. The van der Waals surface area contributed by atoms with Crippen LogP contribution in [0, 0.1) is 5.92 Å². The number of aliphatic hydroxyl groups is 1. The Morgan fingerprint density at radius 3 is 2.42 bits per heavy atom. The Labute approximate surface area is 71.7 Å². The van der Waals surface area contributed by atoms with Gasteiger partial charge in [-0.15, -0.1) is 0 Å². The normalized spacial score (nSPS) is 30.6. The summed E-state index contributed by atoms with van der Waals surface area (Å²) in [5, 5.41) is 18.2.